The first kappa shape index (κ1) is 24.9. The topological polar surface area (TPSA) is 157 Å². The number of ether oxygens (including phenoxy) is 2. The van der Waals surface area contributed by atoms with E-state index in [0.29, 0.717) is 25.7 Å². The molecule has 1 spiro atoms. The van der Waals surface area contributed by atoms with Gasteiger partial charge in [0.2, 0.25) is 0 Å². The van der Waals surface area contributed by atoms with E-state index in [1.54, 1.807) is 0 Å². The number of carboxylic acids is 1. The van der Waals surface area contributed by atoms with Gasteiger partial charge in [-0.05, 0) is 81.0 Å². The highest BCUT2D eigenvalue weighted by Gasteiger charge is 2.69. The minimum Gasteiger partial charge on any atom is -0.481 e. The highest BCUT2D eigenvalue weighted by molar-refractivity contribution is 5.75. The molecule has 34 heavy (non-hydrogen) atoms. The summed E-state index contributed by atoms with van der Waals surface area (Å²) in [6.07, 6.45) is -0.749. The Balaban J connectivity index is 1.39. The standard InChI is InChI=1S/C25H40O9/c1-22-6-3-7-23(2,21(30)31)14(22)4-8-24-10-16(25(32,12-24)9-5-15(22)24)34-20-19(29)18(28)17(27)13(11-26)33-20/h13-20,26-29,32H,3-12H2,1-2H3,(H,30,31)/t13-,14?,15?,16+,17-,18-,19+,20-,22-,23-,24-,25+/m1/s1. The monoisotopic (exact) mass is 484 g/mol. The van der Waals surface area contributed by atoms with Gasteiger partial charge in [0.15, 0.2) is 6.29 Å². The zero-order chi connectivity index (χ0) is 24.7. The van der Waals surface area contributed by atoms with Crippen LogP contribution in [-0.4, -0.2) is 85.6 Å². The lowest BCUT2D eigenvalue weighted by Crippen LogP contribution is -2.60. The first-order chi connectivity index (χ1) is 15.9. The van der Waals surface area contributed by atoms with Gasteiger partial charge in [-0.2, -0.15) is 0 Å². The minimum atomic E-state index is -1.53. The average molecular weight is 485 g/mol. The number of hydrogen-bond acceptors (Lipinski definition) is 8. The fourth-order valence-electron chi connectivity index (χ4n) is 9.15. The molecule has 5 rings (SSSR count). The third-order valence-corrected chi connectivity index (χ3v) is 10.8. The highest BCUT2D eigenvalue weighted by atomic mass is 16.7. The van der Waals surface area contributed by atoms with E-state index in [4.69, 9.17) is 9.47 Å². The average Bonchev–Trinajstić information content (AvgIpc) is 2.98. The molecule has 9 heteroatoms. The number of fused-ring (bicyclic) bond motifs is 3. The third kappa shape index (κ3) is 3.34. The fourth-order valence-corrected chi connectivity index (χ4v) is 9.15. The Kier molecular flexibility index (Phi) is 5.92. The van der Waals surface area contributed by atoms with Gasteiger partial charge >= 0.3 is 5.97 Å². The molecule has 0 radical (unpaired) electrons. The van der Waals surface area contributed by atoms with E-state index in [-0.39, 0.29) is 22.7 Å². The smallest absolute Gasteiger partial charge is 0.309 e. The molecule has 1 saturated heterocycles. The molecule has 2 unspecified atom stereocenters. The van der Waals surface area contributed by atoms with Crippen LogP contribution >= 0.6 is 0 Å². The molecule has 0 aromatic heterocycles. The quantitative estimate of drug-likeness (QED) is 0.339. The van der Waals surface area contributed by atoms with Crippen molar-refractivity contribution < 1.29 is 44.9 Å². The summed E-state index contributed by atoms with van der Waals surface area (Å²) in [6, 6.07) is 0. The van der Waals surface area contributed by atoms with Crippen molar-refractivity contribution in [2.45, 2.75) is 114 Å². The molecule has 5 aliphatic rings. The molecule has 9 nitrogen and oxygen atoms in total. The van der Waals surface area contributed by atoms with Crippen LogP contribution in [0, 0.1) is 28.1 Å². The molecule has 4 saturated carbocycles. The van der Waals surface area contributed by atoms with Crippen molar-refractivity contribution in [2.75, 3.05) is 6.61 Å². The normalized spacial score (nSPS) is 57.0. The number of carbonyl (C=O) groups is 1. The molecular formula is C25H40O9. The van der Waals surface area contributed by atoms with Crippen LogP contribution in [0.1, 0.15) is 71.6 Å². The van der Waals surface area contributed by atoms with Crippen molar-refractivity contribution in [1.29, 1.82) is 0 Å². The summed E-state index contributed by atoms with van der Waals surface area (Å²) in [5, 5.41) is 61.9. The molecule has 6 N–H and O–H groups in total. The predicted molar refractivity (Wildman–Crippen MR) is 118 cm³/mol. The zero-order valence-corrected chi connectivity index (χ0v) is 20.1. The fraction of sp³-hybridized carbons (Fsp3) is 0.960. The SMILES string of the molecule is C[C@@]12CCC[C@@](C)(C(=O)O)C1CC[C@]13C[C@H](O[C@H]4O[C@H](CO)[C@@H](O)[C@@H](O)[C@@H]4O)[C@](O)(CCC12)C3. The summed E-state index contributed by atoms with van der Waals surface area (Å²) >= 11 is 0. The van der Waals surface area contributed by atoms with Gasteiger partial charge in [0.25, 0.3) is 0 Å². The van der Waals surface area contributed by atoms with Gasteiger partial charge in [0, 0.05) is 0 Å². The Morgan fingerprint density at radius 1 is 1.00 bits per heavy atom. The number of aliphatic carboxylic acids is 1. The maximum absolute atomic E-state index is 12.3. The van der Waals surface area contributed by atoms with Crippen molar-refractivity contribution >= 4 is 5.97 Å². The minimum absolute atomic E-state index is 0.0958. The van der Waals surface area contributed by atoms with Crippen molar-refractivity contribution in [3.63, 3.8) is 0 Å². The van der Waals surface area contributed by atoms with Crippen molar-refractivity contribution in [2.24, 2.45) is 28.1 Å². The Hall–Kier alpha value is -0.810. The van der Waals surface area contributed by atoms with Crippen molar-refractivity contribution in [3.05, 3.63) is 0 Å². The Morgan fingerprint density at radius 3 is 2.38 bits per heavy atom. The van der Waals surface area contributed by atoms with Crippen LogP contribution in [0.3, 0.4) is 0 Å². The number of aliphatic hydroxyl groups excluding tert-OH is 4. The van der Waals surface area contributed by atoms with Gasteiger partial charge in [-0.1, -0.05) is 13.3 Å². The van der Waals surface area contributed by atoms with E-state index in [1.165, 1.54) is 0 Å². The molecule has 1 heterocycles. The van der Waals surface area contributed by atoms with Gasteiger partial charge < -0.3 is 40.1 Å². The van der Waals surface area contributed by atoms with E-state index in [1.807, 2.05) is 6.92 Å². The number of aliphatic hydroxyl groups is 5. The lowest BCUT2D eigenvalue weighted by Gasteiger charge is -2.63. The molecule has 194 valence electrons. The van der Waals surface area contributed by atoms with Gasteiger partial charge in [0.1, 0.15) is 24.4 Å². The second kappa shape index (κ2) is 8.10. The summed E-state index contributed by atoms with van der Waals surface area (Å²) in [4.78, 5) is 12.3. The van der Waals surface area contributed by atoms with Crippen molar-refractivity contribution in [3.8, 4) is 0 Å². The van der Waals surface area contributed by atoms with Crippen LogP contribution in [0.5, 0.6) is 0 Å². The number of carboxylic acid groups (broad SMARTS) is 1. The summed E-state index contributed by atoms with van der Waals surface area (Å²) < 4.78 is 11.7. The first-order valence-corrected chi connectivity index (χ1v) is 12.8. The summed E-state index contributed by atoms with van der Waals surface area (Å²) in [5.74, 6) is -0.332. The molecule has 5 fully saturated rings. The van der Waals surface area contributed by atoms with Gasteiger partial charge in [-0.3, -0.25) is 4.79 Å². The summed E-state index contributed by atoms with van der Waals surface area (Å²) in [5.41, 5.74) is -2.12. The molecule has 4 aliphatic carbocycles. The van der Waals surface area contributed by atoms with Gasteiger partial charge in [0.05, 0.1) is 23.7 Å². The molecule has 0 amide bonds. The van der Waals surface area contributed by atoms with Gasteiger partial charge in [-0.25, -0.2) is 0 Å². The van der Waals surface area contributed by atoms with Crippen LogP contribution < -0.4 is 0 Å². The highest BCUT2D eigenvalue weighted by Crippen LogP contribution is 2.72. The molecule has 1 aliphatic heterocycles. The molecule has 2 bridgehead atoms. The maximum Gasteiger partial charge on any atom is 0.309 e. The molecule has 12 atom stereocenters. The van der Waals surface area contributed by atoms with E-state index in [2.05, 4.69) is 6.92 Å². The van der Waals surface area contributed by atoms with Crippen LogP contribution in [0.4, 0.5) is 0 Å². The maximum atomic E-state index is 12.3. The third-order valence-electron chi connectivity index (χ3n) is 10.8. The second-order valence-electron chi connectivity index (χ2n) is 12.4. The number of hydrogen-bond donors (Lipinski definition) is 6. The number of rotatable bonds is 4. The Morgan fingerprint density at radius 2 is 1.71 bits per heavy atom. The Bertz CT molecular complexity index is 820. The molecular weight excluding hydrogens is 444 g/mol. The van der Waals surface area contributed by atoms with E-state index in [9.17, 15) is 35.4 Å². The van der Waals surface area contributed by atoms with Crippen LogP contribution in [0.25, 0.3) is 0 Å². The summed E-state index contributed by atoms with van der Waals surface area (Å²) in [7, 11) is 0. The van der Waals surface area contributed by atoms with Gasteiger partial charge in [-0.15, -0.1) is 0 Å². The summed E-state index contributed by atoms with van der Waals surface area (Å²) in [6.45, 7) is 3.64. The lowest BCUT2D eigenvalue weighted by atomic mass is 9.41. The van der Waals surface area contributed by atoms with Crippen LogP contribution in [0.15, 0.2) is 0 Å². The predicted octanol–water partition coefficient (Wildman–Crippen LogP) is 0.784. The van der Waals surface area contributed by atoms with Crippen LogP contribution in [0.2, 0.25) is 0 Å². The van der Waals surface area contributed by atoms with Crippen molar-refractivity contribution in [1.82, 2.24) is 0 Å². The van der Waals surface area contributed by atoms with E-state index >= 15 is 0 Å². The second-order valence-corrected chi connectivity index (χ2v) is 12.4. The lowest BCUT2D eigenvalue weighted by molar-refractivity contribution is -0.321. The van der Waals surface area contributed by atoms with E-state index < -0.39 is 60.4 Å². The Labute approximate surface area is 200 Å². The molecule has 0 aromatic rings. The molecule has 0 aromatic carbocycles. The zero-order valence-electron chi connectivity index (χ0n) is 20.1. The van der Waals surface area contributed by atoms with E-state index in [0.717, 1.165) is 32.1 Å². The first-order valence-electron chi connectivity index (χ1n) is 12.8. The largest absolute Gasteiger partial charge is 0.481 e. The van der Waals surface area contributed by atoms with Crippen LogP contribution in [-0.2, 0) is 14.3 Å².